The molecule has 1 saturated heterocycles. The Labute approximate surface area is 208 Å². The van der Waals surface area contributed by atoms with Gasteiger partial charge in [-0.05, 0) is 58.0 Å². The molecule has 36 heavy (non-hydrogen) atoms. The van der Waals surface area contributed by atoms with Crippen LogP contribution in [0, 0.1) is 20.8 Å². The fourth-order valence-electron chi connectivity index (χ4n) is 5.20. The topological polar surface area (TPSA) is 72.5 Å². The molecule has 5 rings (SSSR count). The number of likely N-dealkylation sites (N-methyl/N-ethyl adjacent to an activating group) is 1. The number of benzene rings is 1. The second-order valence-corrected chi connectivity index (χ2v) is 9.80. The first-order valence-electron chi connectivity index (χ1n) is 12.3. The Morgan fingerprint density at radius 3 is 2.50 bits per heavy atom. The minimum Gasteiger partial charge on any atom is -0.361 e. The normalized spacial score (nSPS) is 16.6. The molecule has 1 atom stereocenters. The average Bonchev–Trinajstić information content (AvgIpc) is 3.37. The van der Waals surface area contributed by atoms with Crippen molar-refractivity contribution in [1.29, 1.82) is 0 Å². The van der Waals surface area contributed by atoms with E-state index in [1.807, 2.05) is 20.8 Å². The minimum atomic E-state index is -2.82. The molecule has 1 aromatic carbocycles. The van der Waals surface area contributed by atoms with E-state index >= 15 is 0 Å². The van der Waals surface area contributed by atoms with Crippen LogP contribution in [-0.4, -0.2) is 75.9 Å². The van der Waals surface area contributed by atoms with Crippen molar-refractivity contribution >= 4 is 21.9 Å². The first kappa shape index (κ1) is 24.7. The van der Waals surface area contributed by atoms with E-state index < -0.39 is 6.61 Å². The third-order valence-electron chi connectivity index (χ3n) is 7.10. The van der Waals surface area contributed by atoms with Gasteiger partial charge >= 0.3 is 6.61 Å². The number of pyridine rings is 1. The molecule has 4 aromatic rings. The number of aromatic nitrogens is 4. The maximum absolute atomic E-state index is 12.9. The molecule has 4 heterocycles. The van der Waals surface area contributed by atoms with E-state index in [9.17, 15) is 8.78 Å². The zero-order chi connectivity index (χ0) is 25.6. The number of piperazine rings is 1. The van der Waals surface area contributed by atoms with Crippen LogP contribution >= 0.6 is 0 Å². The Balaban J connectivity index is 1.65. The van der Waals surface area contributed by atoms with Gasteiger partial charge in [0.1, 0.15) is 17.1 Å². The molecule has 0 amide bonds. The van der Waals surface area contributed by atoms with Crippen LogP contribution in [0.4, 0.5) is 8.78 Å². The molecule has 0 N–H and O–H groups in total. The molecule has 0 saturated carbocycles. The first-order chi connectivity index (χ1) is 17.2. The van der Waals surface area contributed by atoms with Crippen molar-refractivity contribution in [3.63, 3.8) is 0 Å². The van der Waals surface area contributed by atoms with Crippen LogP contribution in [0.5, 0.6) is 0 Å². The van der Waals surface area contributed by atoms with Gasteiger partial charge in [-0.25, -0.2) is 4.98 Å². The first-order valence-corrected chi connectivity index (χ1v) is 12.3. The van der Waals surface area contributed by atoms with E-state index in [2.05, 4.69) is 45.6 Å². The Kier molecular flexibility index (Phi) is 6.76. The smallest absolute Gasteiger partial charge is 0.345 e. The summed E-state index contributed by atoms with van der Waals surface area (Å²) in [5.41, 5.74) is 6.31. The molecule has 1 aliphatic heterocycles. The summed E-state index contributed by atoms with van der Waals surface area (Å²) in [7, 11) is 2.12. The fraction of sp³-hybridized carbons (Fsp3) is 0.500. The van der Waals surface area contributed by atoms with Gasteiger partial charge in [0.15, 0.2) is 0 Å². The SMILES string of the molecule is Cc1cc2c(cc1-c1c(C)noc1C)ncc1nc(CN3CCN(C)CC3)n([C@@H](C)COC(F)F)c12. The van der Waals surface area contributed by atoms with Crippen LogP contribution in [0.3, 0.4) is 0 Å². The van der Waals surface area contributed by atoms with Crippen molar-refractivity contribution in [3.05, 3.63) is 41.2 Å². The lowest BCUT2D eigenvalue weighted by Gasteiger charge is -2.32. The largest absolute Gasteiger partial charge is 0.361 e. The van der Waals surface area contributed by atoms with Gasteiger partial charge in [-0.2, -0.15) is 8.78 Å². The van der Waals surface area contributed by atoms with E-state index in [4.69, 9.17) is 19.2 Å². The molecule has 0 spiro atoms. The molecular formula is C26H32F2N6O2. The fourth-order valence-corrected chi connectivity index (χ4v) is 5.20. The molecule has 0 aliphatic carbocycles. The van der Waals surface area contributed by atoms with Gasteiger partial charge in [0.2, 0.25) is 0 Å². The van der Waals surface area contributed by atoms with Gasteiger partial charge in [-0.3, -0.25) is 9.88 Å². The maximum atomic E-state index is 12.9. The van der Waals surface area contributed by atoms with Crippen LogP contribution in [0.25, 0.3) is 33.1 Å². The summed E-state index contributed by atoms with van der Waals surface area (Å²) in [5.74, 6) is 1.59. The predicted molar refractivity (Wildman–Crippen MR) is 134 cm³/mol. The van der Waals surface area contributed by atoms with Gasteiger partial charge in [0, 0.05) is 37.1 Å². The lowest BCUT2D eigenvalue weighted by molar-refractivity contribution is -0.135. The molecular weight excluding hydrogens is 466 g/mol. The van der Waals surface area contributed by atoms with Crippen LogP contribution < -0.4 is 0 Å². The van der Waals surface area contributed by atoms with Crippen molar-refractivity contribution in [1.82, 2.24) is 29.5 Å². The van der Waals surface area contributed by atoms with E-state index in [0.29, 0.717) is 6.54 Å². The van der Waals surface area contributed by atoms with Crippen LogP contribution in [0.2, 0.25) is 0 Å². The number of nitrogens with zero attached hydrogens (tertiary/aromatic N) is 6. The lowest BCUT2D eigenvalue weighted by atomic mass is 9.96. The Hall–Kier alpha value is -2.95. The summed E-state index contributed by atoms with van der Waals surface area (Å²) in [4.78, 5) is 14.3. The Morgan fingerprint density at radius 2 is 1.83 bits per heavy atom. The highest BCUT2D eigenvalue weighted by Crippen LogP contribution is 2.35. The molecule has 1 aliphatic rings. The molecule has 8 nitrogen and oxygen atoms in total. The minimum absolute atomic E-state index is 0.112. The van der Waals surface area contributed by atoms with Crippen molar-refractivity contribution < 1.29 is 18.0 Å². The Morgan fingerprint density at radius 1 is 1.08 bits per heavy atom. The van der Waals surface area contributed by atoms with Gasteiger partial charge in [-0.15, -0.1) is 0 Å². The lowest BCUT2D eigenvalue weighted by Crippen LogP contribution is -2.44. The second-order valence-electron chi connectivity index (χ2n) is 9.80. The molecule has 10 heteroatoms. The summed E-state index contributed by atoms with van der Waals surface area (Å²) in [6.45, 7) is 9.32. The number of alkyl halides is 2. The predicted octanol–water partition coefficient (Wildman–Crippen LogP) is 4.71. The van der Waals surface area contributed by atoms with Crippen molar-refractivity contribution in [2.45, 2.75) is 46.9 Å². The molecule has 192 valence electrons. The molecule has 0 bridgehead atoms. The van der Waals surface area contributed by atoms with Crippen molar-refractivity contribution in [2.24, 2.45) is 0 Å². The number of hydrogen-bond acceptors (Lipinski definition) is 7. The van der Waals surface area contributed by atoms with Gasteiger partial charge < -0.3 is 18.7 Å². The third-order valence-corrected chi connectivity index (χ3v) is 7.10. The maximum Gasteiger partial charge on any atom is 0.345 e. The molecule has 0 unspecified atom stereocenters. The third kappa shape index (κ3) is 4.60. The molecule has 0 radical (unpaired) electrons. The zero-order valence-electron chi connectivity index (χ0n) is 21.4. The van der Waals surface area contributed by atoms with E-state index in [-0.39, 0.29) is 12.6 Å². The highest BCUT2D eigenvalue weighted by molar-refractivity contribution is 6.04. The van der Waals surface area contributed by atoms with E-state index in [0.717, 1.165) is 82.1 Å². The van der Waals surface area contributed by atoms with Gasteiger partial charge in [0.05, 0.1) is 42.1 Å². The zero-order valence-corrected chi connectivity index (χ0v) is 21.4. The molecule has 1 fully saturated rings. The van der Waals surface area contributed by atoms with Gasteiger partial charge in [0.25, 0.3) is 0 Å². The average molecular weight is 499 g/mol. The van der Waals surface area contributed by atoms with Gasteiger partial charge in [-0.1, -0.05) is 5.16 Å². The number of fused-ring (bicyclic) bond motifs is 3. The van der Waals surface area contributed by atoms with Crippen molar-refractivity contribution in [3.8, 4) is 11.1 Å². The highest BCUT2D eigenvalue weighted by Gasteiger charge is 2.24. The number of ether oxygens (including phenoxy) is 1. The Bertz CT molecular complexity index is 1370. The van der Waals surface area contributed by atoms with Crippen molar-refractivity contribution in [2.75, 3.05) is 39.8 Å². The standard InChI is InChI=1S/C26H32F2N6O2/c1-15-10-20-21(11-19(15)24-17(3)31-36-18(24)4)29-12-22-25(20)34(16(2)14-35-26(27)28)23(30-22)13-33-8-6-32(5)7-9-33/h10-12,16,26H,6-9,13-14H2,1-5H3/t16-/m0/s1. The van der Waals surface area contributed by atoms with Crippen LogP contribution in [0.1, 0.15) is 35.8 Å². The molecule has 3 aromatic heterocycles. The van der Waals surface area contributed by atoms with E-state index in [1.54, 1.807) is 6.20 Å². The summed E-state index contributed by atoms with van der Waals surface area (Å²) in [6, 6.07) is 3.82. The second kappa shape index (κ2) is 9.84. The summed E-state index contributed by atoms with van der Waals surface area (Å²) < 4.78 is 38.0. The summed E-state index contributed by atoms with van der Waals surface area (Å²) >= 11 is 0. The summed E-state index contributed by atoms with van der Waals surface area (Å²) in [5, 5.41) is 5.04. The van der Waals surface area contributed by atoms with E-state index in [1.165, 1.54) is 0 Å². The quantitative estimate of drug-likeness (QED) is 0.365. The number of halogens is 2. The monoisotopic (exact) mass is 498 g/mol. The highest BCUT2D eigenvalue weighted by atomic mass is 19.3. The van der Waals surface area contributed by atoms with Crippen LogP contribution in [0.15, 0.2) is 22.9 Å². The number of imidazole rings is 1. The number of rotatable bonds is 7. The van der Waals surface area contributed by atoms with Crippen LogP contribution in [-0.2, 0) is 11.3 Å². The number of aryl methyl sites for hydroxylation is 3. The number of hydrogen-bond donors (Lipinski definition) is 0. The summed E-state index contributed by atoms with van der Waals surface area (Å²) in [6.07, 6.45) is 1.77.